The summed E-state index contributed by atoms with van der Waals surface area (Å²) in [6, 6.07) is 20.4. The highest BCUT2D eigenvalue weighted by atomic mass is 35.5. The van der Waals surface area contributed by atoms with E-state index in [1.54, 1.807) is 0 Å². The van der Waals surface area contributed by atoms with Gasteiger partial charge in [0.1, 0.15) is 5.17 Å². The van der Waals surface area contributed by atoms with Gasteiger partial charge in [-0.3, -0.25) is 0 Å². The lowest BCUT2D eigenvalue weighted by Crippen LogP contribution is -1.91. The monoisotopic (exact) mass is 309 g/mol. The van der Waals surface area contributed by atoms with E-state index < -0.39 is 0 Å². The van der Waals surface area contributed by atoms with Gasteiger partial charge in [-0.2, -0.15) is 0 Å². The average molecular weight is 310 g/mol. The van der Waals surface area contributed by atoms with Gasteiger partial charge >= 0.3 is 0 Å². The maximum absolute atomic E-state index is 6.29. The Labute approximate surface area is 137 Å². The van der Waals surface area contributed by atoms with Crippen molar-refractivity contribution < 1.29 is 0 Å². The molecule has 22 heavy (non-hydrogen) atoms. The molecule has 0 aromatic heterocycles. The van der Waals surface area contributed by atoms with Crippen LogP contribution in [-0.2, 0) is 0 Å². The van der Waals surface area contributed by atoms with E-state index in [2.05, 4.69) is 36.2 Å². The van der Waals surface area contributed by atoms with E-state index in [-0.39, 0.29) is 0 Å². The Hall–Kier alpha value is -2.12. The van der Waals surface area contributed by atoms with Crippen LogP contribution in [0.15, 0.2) is 77.3 Å². The molecule has 0 aliphatic rings. The molecule has 0 aliphatic heterocycles. The maximum atomic E-state index is 6.29. The summed E-state index contributed by atoms with van der Waals surface area (Å²) in [4.78, 5) is 4.65. The molecule has 2 aromatic rings. The Balaban J connectivity index is 2.59. The molecule has 0 atom stereocenters. The first-order chi connectivity index (χ1) is 10.6. The van der Waals surface area contributed by atoms with Crippen LogP contribution < -0.4 is 0 Å². The first-order valence-corrected chi connectivity index (χ1v) is 7.66. The summed E-state index contributed by atoms with van der Waals surface area (Å²) in [6.45, 7) is 6.09. The molecule has 0 saturated carbocycles. The molecule has 0 radical (unpaired) electrons. The van der Waals surface area contributed by atoms with Crippen LogP contribution in [0.1, 0.15) is 31.9 Å². The summed E-state index contributed by atoms with van der Waals surface area (Å²) < 4.78 is 0. The molecule has 0 bridgehead atoms. The van der Waals surface area contributed by atoms with Crippen molar-refractivity contribution in [3.8, 4) is 0 Å². The molecule has 2 aromatic carbocycles. The molecule has 0 aliphatic carbocycles. The summed E-state index contributed by atoms with van der Waals surface area (Å²) in [5, 5.41) is 0.495. The highest BCUT2D eigenvalue weighted by Crippen LogP contribution is 2.27. The third-order valence-electron chi connectivity index (χ3n) is 3.24. The number of allylic oxidation sites excluding steroid dienone is 3. The second kappa shape index (κ2) is 7.77. The summed E-state index contributed by atoms with van der Waals surface area (Å²) in [5.41, 5.74) is 5.33. The molecule has 0 fully saturated rings. The minimum absolute atomic E-state index is 0.495. The zero-order chi connectivity index (χ0) is 15.9. The molecule has 0 spiro atoms. The van der Waals surface area contributed by atoms with E-state index in [0.29, 0.717) is 5.17 Å². The minimum Gasteiger partial charge on any atom is -0.236 e. The summed E-state index contributed by atoms with van der Waals surface area (Å²) in [5.74, 6) is 0. The Bertz CT molecular complexity index is 706. The lowest BCUT2D eigenvalue weighted by atomic mass is 10.0. The van der Waals surface area contributed by atoms with Crippen LogP contribution >= 0.6 is 11.6 Å². The van der Waals surface area contributed by atoms with Crippen LogP contribution in [0.3, 0.4) is 0 Å². The standard InChI is InChI=1S/C20H20ClN/c1-15(2)14-19(21)22-20(18-12-8-5-9-13-18)16(3)17-10-6-4-7-11-17/h4-14H,1-3H3/b20-16+,22-19?. The van der Waals surface area contributed by atoms with Crippen LogP contribution in [0.4, 0.5) is 0 Å². The highest BCUT2D eigenvalue weighted by molar-refractivity contribution is 6.68. The Morgan fingerprint density at radius 1 is 0.818 bits per heavy atom. The number of rotatable bonds is 4. The van der Waals surface area contributed by atoms with E-state index in [0.717, 1.165) is 28.0 Å². The lowest BCUT2D eigenvalue weighted by Gasteiger charge is -2.09. The van der Waals surface area contributed by atoms with Gasteiger partial charge in [-0.1, -0.05) is 77.8 Å². The summed E-state index contributed by atoms with van der Waals surface area (Å²) >= 11 is 6.29. The van der Waals surface area contributed by atoms with Crippen molar-refractivity contribution in [2.75, 3.05) is 0 Å². The fraction of sp³-hybridized carbons (Fsp3) is 0.150. The Morgan fingerprint density at radius 3 is 1.82 bits per heavy atom. The van der Waals surface area contributed by atoms with Crippen molar-refractivity contribution in [3.05, 3.63) is 83.4 Å². The second-order valence-corrected chi connectivity index (χ2v) is 5.75. The van der Waals surface area contributed by atoms with Crippen LogP contribution in [0.25, 0.3) is 11.3 Å². The first kappa shape index (κ1) is 16.3. The van der Waals surface area contributed by atoms with E-state index in [4.69, 9.17) is 11.6 Å². The second-order valence-electron chi connectivity index (χ2n) is 5.36. The predicted octanol–water partition coefficient (Wildman–Crippen LogP) is 6.18. The van der Waals surface area contributed by atoms with Gasteiger partial charge in [0.25, 0.3) is 0 Å². The molecule has 0 saturated heterocycles. The lowest BCUT2D eigenvalue weighted by molar-refractivity contribution is 1.40. The summed E-state index contributed by atoms with van der Waals surface area (Å²) in [7, 11) is 0. The zero-order valence-corrected chi connectivity index (χ0v) is 13.9. The Morgan fingerprint density at radius 2 is 1.32 bits per heavy atom. The molecule has 2 heteroatoms. The van der Waals surface area contributed by atoms with Gasteiger partial charge in [0.15, 0.2) is 0 Å². The van der Waals surface area contributed by atoms with Gasteiger partial charge in [0.05, 0.1) is 5.70 Å². The van der Waals surface area contributed by atoms with Crippen LogP contribution in [0.5, 0.6) is 0 Å². The highest BCUT2D eigenvalue weighted by Gasteiger charge is 2.07. The van der Waals surface area contributed by atoms with Gasteiger partial charge in [-0.15, -0.1) is 0 Å². The van der Waals surface area contributed by atoms with E-state index in [1.165, 1.54) is 0 Å². The van der Waals surface area contributed by atoms with Crippen molar-refractivity contribution in [2.24, 2.45) is 4.99 Å². The molecule has 2 rings (SSSR count). The average Bonchev–Trinajstić information content (AvgIpc) is 2.53. The van der Waals surface area contributed by atoms with E-state index in [9.17, 15) is 0 Å². The zero-order valence-electron chi connectivity index (χ0n) is 13.2. The number of aliphatic imine (C=N–C) groups is 1. The quantitative estimate of drug-likeness (QED) is 0.472. The Kier molecular flexibility index (Phi) is 5.74. The number of hydrogen-bond donors (Lipinski definition) is 0. The molecule has 0 unspecified atom stereocenters. The third-order valence-corrected chi connectivity index (χ3v) is 3.43. The van der Waals surface area contributed by atoms with Crippen molar-refractivity contribution >= 4 is 28.0 Å². The number of hydrogen-bond acceptors (Lipinski definition) is 1. The van der Waals surface area contributed by atoms with E-state index >= 15 is 0 Å². The molecule has 0 heterocycles. The van der Waals surface area contributed by atoms with Gasteiger partial charge in [0, 0.05) is 5.56 Å². The summed E-state index contributed by atoms with van der Waals surface area (Å²) in [6.07, 6.45) is 1.88. The van der Waals surface area contributed by atoms with Gasteiger partial charge in [0.2, 0.25) is 0 Å². The molecule has 1 nitrogen and oxygen atoms in total. The predicted molar refractivity (Wildman–Crippen MR) is 98.1 cm³/mol. The minimum atomic E-state index is 0.495. The number of benzene rings is 2. The SMILES string of the molecule is CC(C)=CC(Cl)=N/C(=C(\C)c1ccccc1)c1ccccc1. The molecular weight excluding hydrogens is 290 g/mol. The van der Waals surface area contributed by atoms with Crippen LogP contribution in [0, 0.1) is 0 Å². The smallest absolute Gasteiger partial charge is 0.129 e. The van der Waals surface area contributed by atoms with Crippen molar-refractivity contribution in [1.29, 1.82) is 0 Å². The molecule has 112 valence electrons. The number of halogens is 1. The van der Waals surface area contributed by atoms with E-state index in [1.807, 2.05) is 56.3 Å². The van der Waals surface area contributed by atoms with Crippen LogP contribution in [0.2, 0.25) is 0 Å². The fourth-order valence-corrected chi connectivity index (χ4v) is 2.47. The van der Waals surface area contributed by atoms with Gasteiger partial charge in [-0.05, 0) is 38.0 Å². The van der Waals surface area contributed by atoms with Crippen molar-refractivity contribution in [2.45, 2.75) is 20.8 Å². The molecular formula is C20H20ClN. The van der Waals surface area contributed by atoms with Gasteiger partial charge in [-0.25, -0.2) is 4.99 Å². The van der Waals surface area contributed by atoms with Crippen LogP contribution in [-0.4, -0.2) is 5.17 Å². The fourth-order valence-electron chi connectivity index (χ4n) is 2.16. The normalized spacial score (nSPS) is 12.6. The van der Waals surface area contributed by atoms with Crippen molar-refractivity contribution in [3.63, 3.8) is 0 Å². The number of nitrogens with zero attached hydrogens (tertiary/aromatic N) is 1. The molecule has 0 N–H and O–H groups in total. The third kappa shape index (κ3) is 4.44. The maximum Gasteiger partial charge on any atom is 0.129 e. The van der Waals surface area contributed by atoms with Gasteiger partial charge < -0.3 is 0 Å². The van der Waals surface area contributed by atoms with Crippen molar-refractivity contribution in [1.82, 2.24) is 0 Å². The largest absolute Gasteiger partial charge is 0.236 e. The first-order valence-electron chi connectivity index (χ1n) is 7.28. The molecule has 0 amide bonds. The topological polar surface area (TPSA) is 12.4 Å².